The van der Waals surface area contributed by atoms with E-state index in [0.29, 0.717) is 23.4 Å². The van der Waals surface area contributed by atoms with Gasteiger partial charge in [-0.25, -0.2) is 0 Å². The average molecular weight is 367 g/mol. The number of hydrogen-bond donors (Lipinski definition) is 2. The summed E-state index contributed by atoms with van der Waals surface area (Å²) in [4.78, 5) is 17.3. The van der Waals surface area contributed by atoms with Gasteiger partial charge in [0.05, 0.1) is 28.2 Å². The van der Waals surface area contributed by atoms with Crippen molar-refractivity contribution in [1.82, 2.24) is 10.3 Å². The lowest BCUT2D eigenvalue weighted by molar-refractivity contribution is 0.0235. The molecule has 0 spiro atoms. The Morgan fingerprint density at radius 3 is 2.65 bits per heavy atom. The first-order valence-electron chi connectivity index (χ1n) is 8.70. The number of aromatic nitrogens is 1. The van der Waals surface area contributed by atoms with E-state index in [1.807, 2.05) is 30.5 Å². The molecule has 132 valence electrons. The molecule has 4 nitrogen and oxygen atoms in total. The SMILES string of the molecule is O=C(N[C@H](c1cnc2ccccc2c1)C1CC(O)C1)c1ccccc1Cl. The molecule has 1 amide bonds. The molecule has 2 aromatic carbocycles. The Morgan fingerprint density at radius 1 is 1.15 bits per heavy atom. The highest BCUT2D eigenvalue weighted by Crippen LogP contribution is 2.38. The van der Waals surface area contributed by atoms with Gasteiger partial charge in [-0.1, -0.05) is 41.9 Å². The van der Waals surface area contributed by atoms with E-state index in [-0.39, 0.29) is 24.0 Å². The Bertz CT molecular complexity index is 953. The van der Waals surface area contributed by atoms with E-state index >= 15 is 0 Å². The maximum Gasteiger partial charge on any atom is 0.253 e. The first kappa shape index (κ1) is 17.0. The number of halogens is 1. The number of para-hydroxylation sites is 1. The molecule has 1 heterocycles. The Morgan fingerprint density at radius 2 is 1.88 bits per heavy atom. The highest BCUT2D eigenvalue weighted by Gasteiger charge is 2.36. The van der Waals surface area contributed by atoms with Crippen molar-refractivity contribution < 1.29 is 9.90 Å². The maximum absolute atomic E-state index is 12.8. The number of aliphatic hydroxyl groups is 1. The minimum Gasteiger partial charge on any atom is -0.393 e. The van der Waals surface area contributed by atoms with Crippen LogP contribution in [0.4, 0.5) is 0 Å². The van der Waals surface area contributed by atoms with Crippen molar-refractivity contribution in [3.8, 4) is 0 Å². The molecule has 0 radical (unpaired) electrons. The Kier molecular flexibility index (Phi) is 4.62. The summed E-state index contributed by atoms with van der Waals surface area (Å²) < 4.78 is 0. The zero-order valence-corrected chi connectivity index (χ0v) is 14.9. The first-order valence-corrected chi connectivity index (χ1v) is 9.08. The van der Waals surface area contributed by atoms with Crippen LogP contribution in [0.2, 0.25) is 5.02 Å². The fourth-order valence-electron chi connectivity index (χ4n) is 3.50. The van der Waals surface area contributed by atoms with Gasteiger partial charge in [0.25, 0.3) is 5.91 Å². The topological polar surface area (TPSA) is 62.2 Å². The summed E-state index contributed by atoms with van der Waals surface area (Å²) in [6.07, 6.45) is 2.85. The standard InChI is InChI=1S/C21H19ClN2O2/c22-18-7-3-2-6-17(18)21(26)24-20(14-10-16(25)11-14)15-9-13-5-1-4-8-19(13)23-12-15/h1-9,12,14,16,20,25H,10-11H2,(H,24,26)/t14?,16?,20-/m0/s1. The van der Waals surface area contributed by atoms with Crippen molar-refractivity contribution in [2.75, 3.05) is 0 Å². The zero-order chi connectivity index (χ0) is 18.1. The highest BCUT2D eigenvalue weighted by atomic mass is 35.5. The van der Waals surface area contributed by atoms with Gasteiger partial charge in [0.2, 0.25) is 0 Å². The quantitative estimate of drug-likeness (QED) is 0.729. The van der Waals surface area contributed by atoms with Crippen molar-refractivity contribution in [2.45, 2.75) is 25.0 Å². The van der Waals surface area contributed by atoms with E-state index < -0.39 is 0 Å². The predicted molar refractivity (Wildman–Crippen MR) is 102 cm³/mol. The van der Waals surface area contributed by atoms with Gasteiger partial charge in [-0.15, -0.1) is 0 Å². The molecule has 1 atom stereocenters. The maximum atomic E-state index is 12.8. The van der Waals surface area contributed by atoms with Gasteiger partial charge in [-0.2, -0.15) is 0 Å². The molecule has 0 saturated heterocycles. The Hall–Kier alpha value is -2.43. The highest BCUT2D eigenvalue weighted by molar-refractivity contribution is 6.33. The summed E-state index contributed by atoms with van der Waals surface area (Å²) in [6.45, 7) is 0. The molecule has 26 heavy (non-hydrogen) atoms. The molecule has 3 aromatic rings. The molecule has 5 heteroatoms. The summed E-state index contributed by atoms with van der Waals surface area (Å²) in [5.74, 6) is -0.0328. The number of fused-ring (bicyclic) bond motifs is 1. The van der Waals surface area contributed by atoms with Crippen LogP contribution in [0.15, 0.2) is 60.8 Å². The van der Waals surface area contributed by atoms with Crippen LogP contribution in [-0.2, 0) is 0 Å². The first-order chi connectivity index (χ1) is 12.6. The third-order valence-electron chi connectivity index (χ3n) is 5.00. The van der Waals surface area contributed by atoms with E-state index in [1.54, 1.807) is 24.3 Å². The van der Waals surface area contributed by atoms with Gasteiger partial charge >= 0.3 is 0 Å². The number of hydrogen-bond acceptors (Lipinski definition) is 3. The molecule has 1 aromatic heterocycles. The summed E-state index contributed by atoms with van der Waals surface area (Å²) in [5, 5.41) is 14.3. The van der Waals surface area contributed by atoms with Crippen molar-refractivity contribution in [1.29, 1.82) is 0 Å². The molecule has 1 aliphatic rings. The Balaban J connectivity index is 1.65. The second-order valence-electron chi connectivity index (χ2n) is 6.78. The van der Waals surface area contributed by atoms with Crippen LogP contribution >= 0.6 is 11.6 Å². The van der Waals surface area contributed by atoms with Crippen LogP contribution in [0, 0.1) is 5.92 Å². The normalized spacial score (nSPS) is 20.4. The van der Waals surface area contributed by atoms with Crippen molar-refractivity contribution in [3.63, 3.8) is 0 Å². The third-order valence-corrected chi connectivity index (χ3v) is 5.33. The number of carbonyl (C=O) groups is 1. The van der Waals surface area contributed by atoms with Gasteiger partial charge in [-0.05, 0) is 48.6 Å². The number of pyridine rings is 1. The monoisotopic (exact) mass is 366 g/mol. The van der Waals surface area contributed by atoms with Crippen LogP contribution in [0.3, 0.4) is 0 Å². The van der Waals surface area contributed by atoms with Crippen LogP contribution in [0.25, 0.3) is 10.9 Å². The van der Waals surface area contributed by atoms with Gasteiger partial charge in [0.15, 0.2) is 0 Å². The summed E-state index contributed by atoms with van der Waals surface area (Å²) >= 11 is 6.16. The van der Waals surface area contributed by atoms with Crippen molar-refractivity contribution in [2.24, 2.45) is 5.92 Å². The largest absolute Gasteiger partial charge is 0.393 e. The van der Waals surface area contributed by atoms with Crippen LogP contribution in [-0.4, -0.2) is 22.1 Å². The van der Waals surface area contributed by atoms with Gasteiger partial charge in [-0.3, -0.25) is 9.78 Å². The molecular weight excluding hydrogens is 348 g/mol. The Labute approximate surface area is 156 Å². The van der Waals surface area contributed by atoms with Crippen molar-refractivity contribution >= 4 is 28.4 Å². The summed E-state index contributed by atoms with van der Waals surface area (Å²) in [5.41, 5.74) is 2.31. The fourth-order valence-corrected chi connectivity index (χ4v) is 3.72. The molecule has 0 bridgehead atoms. The van der Waals surface area contributed by atoms with E-state index in [4.69, 9.17) is 11.6 Å². The van der Waals surface area contributed by atoms with Gasteiger partial charge < -0.3 is 10.4 Å². The minimum absolute atomic E-state index is 0.180. The summed E-state index contributed by atoms with van der Waals surface area (Å²) in [6, 6.07) is 16.7. The molecule has 1 saturated carbocycles. The summed E-state index contributed by atoms with van der Waals surface area (Å²) in [7, 11) is 0. The molecule has 4 rings (SSSR count). The predicted octanol–water partition coefficient (Wildman–Crippen LogP) is 4.13. The number of nitrogens with one attached hydrogen (secondary N) is 1. The number of rotatable bonds is 4. The number of nitrogens with zero attached hydrogens (tertiary/aromatic N) is 1. The van der Waals surface area contributed by atoms with Crippen LogP contribution in [0.1, 0.15) is 34.8 Å². The molecular formula is C21H19ClN2O2. The van der Waals surface area contributed by atoms with Crippen molar-refractivity contribution in [3.05, 3.63) is 76.9 Å². The molecule has 2 N–H and O–H groups in total. The smallest absolute Gasteiger partial charge is 0.253 e. The van der Waals surface area contributed by atoms with Crippen LogP contribution in [0.5, 0.6) is 0 Å². The molecule has 1 aliphatic carbocycles. The average Bonchev–Trinajstić information content (AvgIpc) is 2.63. The lowest BCUT2D eigenvalue weighted by atomic mass is 9.75. The minimum atomic E-state index is -0.298. The van der Waals surface area contributed by atoms with E-state index in [1.165, 1.54) is 0 Å². The number of benzene rings is 2. The number of amides is 1. The lowest BCUT2D eigenvalue weighted by Crippen LogP contribution is -2.41. The van der Waals surface area contributed by atoms with Gasteiger partial charge in [0, 0.05) is 11.6 Å². The van der Waals surface area contributed by atoms with Gasteiger partial charge in [0.1, 0.15) is 0 Å². The fraction of sp³-hybridized carbons (Fsp3) is 0.238. The molecule has 0 unspecified atom stereocenters. The van der Waals surface area contributed by atoms with Crippen LogP contribution < -0.4 is 5.32 Å². The third kappa shape index (κ3) is 3.30. The second kappa shape index (κ2) is 7.06. The van der Waals surface area contributed by atoms with E-state index in [9.17, 15) is 9.90 Å². The second-order valence-corrected chi connectivity index (χ2v) is 7.18. The zero-order valence-electron chi connectivity index (χ0n) is 14.1. The van der Waals surface area contributed by atoms with E-state index in [2.05, 4.69) is 16.4 Å². The van der Waals surface area contributed by atoms with E-state index in [0.717, 1.165) is 16.5 Å². The lowest BCUT2D eigenvalue weighted by Gasteiger charge is -2.38. The number of carbonyl (C=O) groups excluding carboxylic acids is 1. The molecule has 0 aliphatic heterocycles. The molecule has 1 fully saturated rings. The number of aliphatic hydroxyl groups excluding tert-OH is 1.